The van der Waals surface area contributed by atoms with Gasteiger partial charge in [-0.25, -0.2) is 8.42 Å². The maximum Gasteiger partial charge on any atom is 0.253 e. The molecule has 0 unspecified atom stereocenters. The van der Waals surface area contributed by atoms with E-state index in [-0.39, 0.29) is 5.75 Å². The van der Waals surface area contributed by atoms with Gasteiger partial charge in [0.05, 0.1) is 16.8 Å². The molecule has 1 aromatic carbocycles. The molecule has 1 N–H and O–H groups in total. The SMILES string of the molecule is C[C@@H](CS(C)(=O)=O)NC(=O)c1cc(Cl)cc2cccnc12. The van der Waals surface area contributed by atoms with E-state index in [4.69, 9.17) is 11.6 Å². The van der Waals surface area contributed by atoms with Gasteiger partial charge in [-0.05, 0) is 25.1 Å². The fraction of sp³-hybridized carbons (Fsp3) is 0.286. The summed E-state index contributed by atoms with van der Waals surface area (Å²) in [5.41, 5.74) is 0.865. The van der Waals surface area contributed by atoms with E-state index >= 15 is 0 Å². The van der Waals surface area contributed by atoms with Crippen LogP contribution < -0.4 is 5.32 Å². The van der Waals surface area contributed by atoms with E-state index in [0.717, 1.165) is 11.6 Å². The summed E-state index contributed by atoms with van der Waals surface area (Å²) in [6.07, 6.45) is 2.72. The second-order valence-electron chi connectivity index (χ2n) is 5.00. The van der Waals surface area contributed by atoms with Gasteiger partial charge < -0.3 is 5.32 Å². The third kappa shape index (κ3) is 4.15. The molecule has 1 aromatic heterocycles. The Kier molecular flexibility index (Phi) is 4.49. The van der Waals surface area contributed by atoms with E-state index in [2.05, 4.69) is 10.3 Å². The van der Waals surface area contributed by atoms with Crippen molar-refractivity contribution < 1.29 is 13.2 Å². The van der Waals surface area contributed by atoms with Crippen LogP contribution >= 0.6 is 11.6 Å². The van der Waals surface area contributed by atoms with E-state index < -0.39 is 21.8 Å². The number of nitrogens with one attached hydrogen (secondary N) is 1. The molecule has 0 radical (unpaired) electrons. The van der Waals surface area contributed by atoms with Crippen LogP contribution in [0.2, 0.25) is 5.02 Å². The molecule has 2 rings (SSSR count). The van der Waals surface area contributed by atoms with Crippen molar-refractivity contribution in [2.24, 2.45) is 0 Å². The van der Waals surface area contributed by atoms with Gasteiger partial charge in [0.2, 0.25) is 0 Å². The Bertz CT molecular complexity index is 790. The minimum absolute atomic E-state index is 0.120. The summed E-state index contributed by atoms with van der Waals surface area (Å²) in [6.45, 7) is 1.64. The van der Waals surface area contributed by atoms with Crippen LogP contribution in [0, 0.1) is 0 Å². The third-order valence-electron chi connectivity index (χ3n) is 2.84. The Labute approximate surface area is 128 Å². The zero-order valence-corrected chi connectivity index (χ0v) is 13.2. The van der Waals surface area contributed by atoms with Crippen LogP contribution in [-0.2, 0) is 9.84 Å². The van der Waals surface area contributed by atoms with E-state index in [9.17, 15) is 13.2 Å². The first kappa shape index (κ1) is 15.7. The first-order chi connectivity index (χ1) is 9.76. The number of halogens is 1. The molecule has 0 aliphatic carbocycles. The molecule has 0 aliphatic rings. The van der Waals surface area contributed by atoms with Crippen LogP contribution in [0.1, 0.15) is 17.3 Å². The molecule has 5 nitrogen and oxygen atoms in total. The van der Waals surface area contributed by atoms with Crippen molar-refractivity contribution in [1.82, 2.24) is 10.3 Å². The van der Waals surface area contributed by atoms with Gasteiger partial charge in [0, 0.05) is 28.9 Å². The summed E-state index contributed by atoms with van der Waals surface area (Å²) in [6, 6.07) is 6.32. The summed E-state index contributed by atoms with van der Waals surface area (Å²) in [5, 5.41) is 3.84. The lowest BCUT2D eigenvalue weighted by molar-refractivity contribution is 0.0945. The molecule has 112 valence electrons. The van der Waals surface area contributed by atoms with Crippen molar-refractivity contribution in [3.63, 3.8) is 0 Å². The fourth-order valence-electron chi connectivity index (χ4n) is 2.13. The Morgan fingerprint density at radius 3 is 2.81 bits per heavy atom. The molecule has 2 aromatic rings. The second-order valence-corrected chi connectivity index (χ2v) is 7.62. The molecule has 0 fully saturated rings. The minimum Gasteiger partial charge on any atom is -0.348 e. The molecule has 0 bridgehead atoms. The van der Waals surface area contributed by atoms with Crippen LogP contribution in [-0.4, -0.2) is 37.4 Å². The van der Waals surface area contributed by atoms with Crippen molar-refractivity contribution in [1.29, 1.82) is 0 Å². The quantitative estimate of drug-likeness (QED) is 0.933. The lowest BCUT2D eigenvalue weighted by Crippen LogP contribution is -2.37. The number of fused-ring (bicyclic) bond motifs is 1. The highest BCUT2D eigenvalue weighted by atomic mass is 35.5. The zero-order chi connectivity index (χ0) is 15.6. The normalized spacial score (nSPS) is 13.1. The molecule has 1 heterocycles. The van der Waals surface area contributed by atoms with Crippen LogP contribution in [0.5, 0.6) is 0 Å². The zero-order valence-electron chi connectivity index (χ0n) is 11.6. The third-order valence-corrected chi connectivity index (χ3v) is 4.17. The van der Waals surface area contributed by atoms with Crippen LogP contribution in [0.4, 0.5) is 0 Å². The number of benzene rings is 1. The lowest BCUT2D eigenvalue weighted by Gasteiger charge is -2.14. The van der Waals surface area contributed by atoms with Crippen molar-refractivity contribution in [2.45, 2.75) is 13.0 Å². The Morgan fingerprint density at radius 2 is 2.14 bits per heavy atom. The number of nitrogens with zero attached hydrogens (tertiary/aromatic N) is 1. The average molecular weight is 327 g/mol. The molecule has 0 saturated heterocycles. The number of carbonyl (C=O) groups is 1. The molecule has 1 atom stereocenters. The van der Waals surface area contributed by atoms with E-state index in [1.165, 1.54) is 6.07 Å². The monoisotopic (exact) mass is 326 g/mol. The average Bonchev–Trinajstić information content (AvgIpc) is 2.35. The van der Waals surface area contributed by atoms with Gasteiger partial charge in [0.1, 0.15) is 9.84 Å². The first-order valence-electron chi connectivity index (χ1n) is 6.29. The van der Waals surface area contributed by atoms with Gasteiger partial charge in [0.15, 0.2) is 0 Å². The lowest BCUT2D eigenvalue weighted by atomic mass is 10.1. The van der Waals surface area contributed by atoms with E-state index in [1.54, 1.807) is 25.3 Å². The van der Waals surface area contributed by atoms with E-state index in [1.807, 2.05) is 6.07 Å². The van der Waals surface area contributed by atoms with Crippen molar-refractivity contribution >= 4 is 38.2 Å². The van der Waals surface area contributed by atoms with Crippen LogP contribution in [0.25, 0.3) is 10.9 Å². The van der Waals surface area contributed by atoms with Gasteiger partial charge in [-0.2, -0.15) is 0 Å². The molecule has 0 spiro atoms. The standard InChI is InChI=1S/C14H15ClN2O3S/c1-9(8-21(2,19)20)17-14(18)12-7-11(15)6-10-4-3-5-16-13(10)12/h3-7,9H,8H2,1-2H3,(H,17,18)/t9-/m0/s1. The highest BCUT2D eigenvalue weighted by molar-refractivity contribution is 7.90. The summed E-state index contributed by atoms with van der Waals surface area (Å²) >= 11 is 6.01. The predicted molar refractivity (Wildman–Crippen MR) is 83.4 cm³/mol. The smallest absolute Gasteiger partial charge is 0.253 e. The molecule has 7 heteroatoms. The number of hydrogen-bond acceptors (Lipinski definition) is 4. The number of carbonyl (C=O) groups excluding carboxylic acids is 1. The number of rotatable bonds is 4. The largest absolute Gasteiger partial charge is 0.348 e. The predicted octanol–water partition coefficient (Wildman–Crippen LogP) is 2.05. The number of pyridine rings is 1. The van der Waals surface area contributed by atoms with Crippen molar-refractivity contribution in [3.8, 4) is 0 Å². The summed E-state index contributed by atoms with van der Waals surface area (Å²) < 4.78 is 22.5. The summed E-state index contributed by atoms with van der Waals surface area (Å²) in [7, 11) is -3.16. The molecule has 21 heavy (non-hydrogen) atoms. The number of hydrogen-bond donors (Lipinski definition) is 1. The van der Waals surface area contributed by atoms with Crippen molar-refractivity contribution in [3.05, 3.63) is 41.0 Å². The van der Waals surface area contributed by atoms with Crippen molar-refractivity contribution in [2.75, 3.05) is 12.0 Å². The minimum atomic E-state index is -3.16. The highest BCUT2D eigenvalue weighted by Gasteiger charge is 2.17. The number of sulfone groups is 1. The molecule has 0 saturated carbocycles. The Morgan fingerprint density at radius 1 is 1.43 bits per heavy atom. The van der Waals surface area contributed by atoms with Gasteiger partial charge in [-0.1, -0.05) is 17.7 Å². The molecular formula is C14H15ClN2O3S. The summed E-state index contributed by atoms with van der Waals surface area (Å²) in [5.74, 6) is -0.512. The Hall–Kier alpha value is -1.66. The maximum atomic E-state index is 12.3. The van der Waals surface area contributed by atoms with Crippen LogP contribution in [0.3, 0.4) is 0 Å². The number of amides is 1. The first-order valence-corrected chi connectivity index (χ1v) is 8.73. The van der Waals surface area contributed by atoms with Gasteiger partial charge in [-0.3, -0.25) is 9.78 Å². The maximum absolute atomic E-state index is 12.3. The molecule has 1 amide bonds. The topological polar surface area (TPSA) is 76.1 Å². The van der Waals surface area contributed by atoms with Gasteiger partial charge in [0.25, 0.3) is 5.91 Å². The second kappa shape index (κ2) is 5.99. The fourth-order valence-corrected chi connectivity index (χ4v) is 3.34. The van der Waals surface area contributed by atoms with Gasteiger partial charge in [-0.15, -0.1) is 0 Å². The van der Waals surface area contributed by atoms with Crippen LogP contribution in [0.15, 0.2) is 30.5 Å². The number of aromatic nitrogens is 1. The highest BCUT2D eigenvalue weighted by Crippen LogP contribution is 2.22. The van der Waals surface area contributed by atoms with E-state index in [0.29, 0.717) is 16.1 Å². The molecule has 0 aliphatic heterocycles. The van der Waals surface area contributed by atoms with Gasteiger partial charge >= 0.3 is 0 Å². The Balaban J connectivity index is 2.31. The summed E-state index contributed by atoms with van der Waals surface area (Å²) in [4.78, 5) is 16.5. The molecular weight excluding hydrogens is 312 g/mol.